The van der Waals surface area contributed by atoms with Gasteiger partial charge < -0.3 is 20.7 Å². The van der Waals surface area contributed by atoms with Crippen LogP contribution in [0.3, 0.4) is 0 Å². The fourth-order valence-corrected chi connectivity index (χ4v) is 4.19. The number of amides is 3. The summed E-state index contributed by atoms with van der Waals surface area (Å²) in [6.45, 7) is 8.71. The third-order valence-electron chi connectivity index (χ3n) is 5.67. The van der Waals surface area contributed by atoms with E-state index in [0.717, 1.165) is 32.1 Å². The number of hydrogen-bond acceptors (Lipinski definition) is 5. The lowest BCUT2D eigenvalue weighted by molar-refractivity contribution is -0.127. The first-order valence-corrected chi connectivity index (χ1v) is 11.4. The van der Waals surface area contributed by atoms with Gasteiger partial charge in [-0.15, -0.1) is 0 Å². The molecule has 176 valence electrons. The fourth-order valence-electron chi connectivity index (χ4n) is 4.19. The summed E-state index contributed by atoms with van der Waals surface area (Å²) in [6, 6.07) is 3.47. The first-order valence-electron chi connectivity index (χ1n) is 11.4. The molecule has 1 aliphatic rings. The summed E-state index contributed by atoms with van der Waals surface area (Å²) < 4.78 is 0. The zero-order chi connectivity index (χ0) is 24.0. The van der Waals surface area contributed by atoms with Gasteiger partial charge in [0.15, 0.2) is 0 Å². The molecule has 32 heavy (non-hydrogen) atoms. The van der Waals surface area contributed by atoms with Crippen molar-refractivity contribution >= 4 is 36.0 Å². The molecule has 0 spiro atoms. The molecule has 9 heteroatoms. The van der Waals surface area contributed by atoms with Gasteiger partial charge in [-0.2, -0.15) is 0 Å². The maximum Gasteiger partial charge on any atom is 0.488 e. The van der Waals surface area contributed by atoms with Crippen molar-refractivity contribution in [3.8, 4) is 0 Å². The Morgan fingerprint density at radius 2 is 1.66 bits per heavy atom. The summed E-state index contributed by atoms with van der Waals surface area (Å²) in [4.78, 5) is 40.0. The van der Waals surface area contributed by atoms with Crippen LogP contribution in [0.1, 0.15) is 77.1 Å². The van der Waals surface area contributed by atoms with Crippen molar-refractivity contribution in [2.75, 3.05) is 4.90 Å². The molecule has 1 atom stereocenters. The topological polar surface area (TPSA) is 119 Å². The van der Waals surface area contributed by atoms with Gasteiger partial charge in [-0.1, -0.05) is 33.1 Å². The monoisotopic (exact) mass is 445 g/mol. The van der Waals surface area contributed by atoms with E-state index in [2.05, 4.69) is 10.6 Å². The average molecular weight is 445 g/mol. The Morgan fingerprint density at radius 1 is 1.03 bits per heavy atom. The Morgan fingerprint density at radius 3 is 2.16 bits per heavy atom. The molecule has 1 fully saturated rings. The average Bonchev–Trinajstić information content (AvgIpc) is 2.71. The number of carbonyl (C=O) groups excluding carboxylic acids is 3. The zero-order valence-electron chi connectivity index (χ0n) is 19.7. The van der Waals surface area contributed by atoms with Crippen LogP contribution in [0, 0.1) is 5.92 Å². The molecule has 0 aliphatic heterocycles. The Labute approximate surface area is 190 Å². The molecule has 1 aromatic rings. The summed E-state index contributed by atoms with van der Waals surface area (Å²) >= 11 is 0. The van der Waals surface area contributed by atoms with Gasteiger partial charge in [0.05, 0.1) is 0 Å². The van der Waals surface area contributed by atoms with E-state index in [4.69, 9.17) is 0 Å². The van der Waals surface area contributed by atoms with Crippen LogP contribution in [0.15, 0.2) is 18.2 Å². The van der Waals surface area contributed by atoms with Crippen molar-refractivity contribution in [2.24, 2.45) is 5.92 Å². The lowest BCUT2D eigenvalue weighted by Gasteiger charge is -2.35. The molecule has 2 rings (SSSR count). The van der Waals surface area contributed by atoms with Gasteiger partial charge >= 0.3 is 7.12 Å². The van der Waals surface area contributed by atoms with Gasteiger partial charge in [-0.3, -0.25) is 19.3 Å². The molecule has 0 radical (unpaired) electrons. The summed E-state index contributed by atoms with van der Waals surface area (Å²) in [7, 11) is -1.83. The molecule has 3 amide bonds. The summed E-state index contributed by atoms with van der Waals surface area (Å²) in [5.41, 5.74) is 0.521. The number of hydrogen-bond donors (Lipinski definition) is 4. The number of benzene rings is 1. The molecule has 0 bridgehead atoms. The molecule has 0 unspecified atom stereocenters. The Bertz CT molecular complexity index is 822. The highest BCUT2D eigenvalue weighted by Crippen LogP contribution is 2.24. The van der Waals surface area contributed by atoms with E-state index in [9.17, 15) is 24.4 Å². The summed E-state index contributed by atoms with van der Waals surface area (Å²) in [5.74, 6) is -1.23. The number of nitrogens with one attached hydrogen (secondary N) is 2. The molecule has 1 saturated carbocycles. The van der Waals surface area contributed by atoms with E-state index in [1.807, 2.05) is 27.7 Å². The van der Waals surface area contributed by atoms with Crippen molar-refractivity contribution in [3.63, 3.8) is 0 Å². The van der Waals surface area contributed by atoms with E-state index in [-0.39, 0.29) is 46.5 Å². The third-order valence-corrected chi connectivity index (χ3v) is 5.67. The Hall–Kier alpha value is -2.39. The smallest absolute Gasteiger partial charge is 0.423 e. The third kappa shape index (κ3) is 6.80. The van der Waals surface area contributed by atoms with Crippen molar-refractivity contribution < 1.29 is 24.4 Å². The zero-order valence-corrected chi connectivity index (χ0v) is 19.7. The Balaban J connectivity index is 2.46. The van der Waals surface area contributed by atoms with Gasteiger partial charge in [0, 0.05) is 30.3 Å². The molecule has 0 heterocycles. The second-order valence-electron chi connectivity index (χ2n) is 9.24. The van der Waals surface area contributed by atoms with E-state index in [1.165, 1.54) is 30.0 Å². The van der Waals surface area contributed by atoms with Crippen molar-refractivity contribution in [3.05, 3.63) is 23.8 Å². The van der Waals surface area contributed by atoms with Gasteiger partial charge in [0.1, 0.15) is 6.04 Å². The van der Waals surface area contributed by atoms with Crippen molar-refractivity contribution in [1.82, 2.24) is 10.6 Å². The highest BCUT2D eigenvalue weighted by Gasteiger charge is 2.34. The molecular weight excluding hydrogens is 409 g/mol. The largest absolute Gasteiger partial charge is 0.488 e. The molecular formula is C23H36BN3O5. The van der Waals surface area contributed by atoms with Gasteiger partial charge in [0.25, 0.3) is 5.91 Å². The minimum absolute atomic E-state index is 0.0675. The van der Waals surface area contributed by atoms with Crippen LogP contribution in [0.5, 0.6) is 0 Å². The maximum absolute atomic E-state index is 13.3. The summed E-state index contributed by atoms with van der Waals surface area (Å²) in [5, 5.41) is 25.4. The molecule has 0 aromatic heterocycles. The van der Waals surface area contributed by atoms with Crippen LogP contribution in [-0.4, -0.2) is 53.0 Å². The lowest BCUT2D eigenvalue weighted by atomic mass is 9.79. The SMILES string of the molecule is CC(=O)N(c1cc(B(O)O)cc(C(=O)NC(C)C)c1)[C@H](C(=O)NC1CCCCC1)C(C)C. The van der Waals surface area contributed by atoms with Crippen LogP contribution in [-0.2, 0) is 9.59 Å². The second-order valence-corrected chi connectivity index (χ2v) is 9.24. The molecule has 1 aromatic carbocycles. The van der Waals surface area contributed by atoms with Gasteiger partial charge in [-0.25, -0.2) is 0 Å². The van der Waals surface area contributed by atoms with Crippen LogP contribution in [0.2, 0.25) is 0 Å². The van der Waals surface area contributed by atoms with Crippen LogP contribution in [0.25, 0.3) is 0 Å². The number of carbonyl (C=O) groups is 3. The minimum atomic E-state index is -1.83. The second kappa shape index (κ2) is 11.5. The molecule has 8 nitrogen and oxygen atoms in total. The van der Waals surface area contributed by atoms with Gasteiger partial charge in [0.2, 0.25) is 11.8 Å². The maximum atomic E-state index is 13.3. The number of nitrogens with zero attached hydrogens (tertiary/aromatic N) is 1. The molecule has 0 saturated heterocycles. The number of rotatable bonds is 8. The van der Waals surface area contributed by atoms with E-state index in [0.29, 0.717) is 0 Å². The Kier molecular flexibility index (Phi) is 9.27. The lowest BCUT2D eigenvalue weighted by Crippen LogP contribution is -2.54. The fraction of sp³-hybridized carbons (Fsp3) is 0.609. The predicted octanol–water partition coefficient (Wildman–Crippen LogP) is 1.33. The quantitative estimate of drug-likeness (QED) is 0.451. The standard InChI is InChI=1S/C23H36BN3O5/c1-14(2)21(23(30)26-19-9-7-6-8-10-19)27(16(5)28)20-12-17(22(29)25-15(3)4)11-18(13-20)24(31)32/h11-15,19,21,31-32H,6-10H2,1-5H3,(H,25,29)(H,26,30)/t21-/m0/s1. The normalized spacial score (nSPS) is 15.4. The minimum Gasteiger partial charge on any atom is -0.423 e. The van der Waals surface area contributed by atoms with E-state index in [1.54, 1.807) is 0 Å². The molecule has 4 N–H and O–H groups in total. The van der Waals surface area contributed by atoms with Crippen molar-refractivity contribution in [2.45, 2.75) is 84.8 Å². The van der Waals surface area contributed by atoms with Crippen LogP contribution >= 0.6 is 0 Å². The summed E-state index contributed by atoms with van der Waals surface area (Å²) in [6.07, 6.45) is 5.14. The van der Waals surface area contributed by atoms with Crippen LogP contribution < -0.4 is 21.0 Å². The van der Waals surface area contributed by atoms with Gasteiger partial charge in [-0.05, 0) is 56.3 Å². The highest BCUT2D eigenvalue weighted by atomic mass is 16.4. The molecule has 1 aliphatic carbocycles. The van der Waals surface area contributed by atoms with E-state index < -0.39 is 19.1 Å². The first kappa shape index (κ1) is 25.9. The predicted molar refractivity (Wildman–Crippen MR) is 126 cm³/mol. The number of anilines is 1. The first-order chi connectivity index (χ1) is 15.0. The van der Waals surface area contributed by atoms with Crippen LogP contribution in [0.4, 0.5) is 5.69 Å². The van der Waals surface area contributed by atoms with Crippen molar-refractivity contribution in [1.29, 1.82) is 0 Å². The highest BCUT2D eigenvalue weighted by molar-refractivity contribution is 6.58. The van der Waals surface area contributed by atoms with E-state index >= 15 is 0 Å².